The number of thiazole rings is 1. The van der Waals surface area contributed by atoms with Crippen molar-refractivity contribution in [2.24, 2.45) is 0 Å². The van der Waals surface area contributed by atoms with Crippen molar-refractivity contribution >= 4 is 57.5 Å². The Hall–Kier alpha value is -4.22. The molecule has 274 valence electrons. The number of anilines is 2. The molecule has 0 aliphatic carbocycles. The Morgan fingerprint density at radius 1 is 1.19 bits per heavy atom. The molecule has 0 radical (unpaired) electrons. The highest BCUT2D eigenvalue weighted by atomic mass is 35.5. The van der Waals surface area contributed by atoms with Gasteiger partial charge in [-0.05, 0) is 50.4 Å². The molecule has 2 N–H and O–H groups in total. The molecular formula is C34H31ClF6N8O2S. The van der Waals surface area contributed by atoms with Gasteiger partial charge in [-0.2, -0.15) is 23.1 Å². The zero-order valence-electron chi connectivity index (χ0n) is 27.6. The van der Waals surface area contributed by atoms with E-state index in [4.69, 9.17) is 22.1 Å². The monoisotopic (exact) mass is 764 g/mol. The molecule has 0 spiro atoms. The van der Waals surface area contributed by atoms with Crippen LogP contribution in [-0.2, 0) is 11.0 Å². The molecule has 5 fully saturated rings. The van der Waals surface area contributed by atoms with Gasteiger partial charge in [0, 0.05) is 49.1 Å². The fourth-order valence-electron chi connectivity index (χ4n) is 8.28. The van der Waals surface area contributed by atoms with Crippen molar-refractivity contribution in [3.63, 3.8) is 0 Å². The van der Waals surface area contributed by atoms with Gasteiger partial charge in [0.2, 0.25) is 0 Å². The fourth-order valence-corrected chi connectivity index (χ4v) is 9.12. The molecule has 8 heterocycles. The Bertz CT molecular complexity index is 2110. The molecule has 3 unspecified atom stereocenters. The Balaban J connectivity index is 1.19. The predicted molar refractivity (Wildman–Crippen MR) is 183 cm³/mol. The van der Waals surface area contributed by atoms with Gasteiger partial charge in [0.25, 0.3) is 5.91 Å². The van der Waals surface area contributed by atoms with Gasteiger partial charge < -0.3 is 20.3 Å². The number of pyridine rings is 1. The number of benzene rings is 1. The summed E-state index contributed by atoms with van der Waals surface area (Å²) in [5.74, 6) is -3.03. The second kappa shape index (κ2) is 12.7. The van der Waals surface area contributed by atoms with Crippen molar-refractivity contribution in [1.82, 2.24) is 29.7 Å². The molecule has 4 atom stereocenters. The van der Waals surface area contributed by atoms with Gasteiger partial charge in [-0.3, -0.25) is 9.69 Å². The number of rotatable bonds is 7. The predicted octanol–water partition coefficient (Wildman–Crippen LogP) is 6.61. The van der Waals surface area contributed by atoms with Crippen LogP contribution in [0, 0.1) is 12.7 Å². The van der Waals surface area contributed by atoms with E-state index in [1.807, 2.05) is 4.90 Å². The van der Waals surface area contributed by atoms with E-state index in [2.05, 4.69) is 19.9 Å². The van der Waals surface area contributed by atoms with E-state index in [0.717, 1.165) is 18.6 Å². The summed E-state index contributed by atoms with van der Waals surface area (Å²) in [7, 11) is 0. The minimum atomic E-state index is -4.93. The van der Waals surface area contributed by atoms with Crippen LogP contribution in [0.15, 0.2) is 29.5 Å². The van der Waals surface area contributed by atoms with Crippen LogP contribution in [0.3, 0.4) is 0 Å². The second-order valence-electron chi connectivity index (χ2n) is 13.7. The number of aromatic nitrogens is 4. The molecule has 4 aromatic rings. The quantitative estimate of drug-likeness (QED) is 0.164. The van der Waals surface area contributed by atoms with Gasteiger partial charge in [0.05, 0.1) is 39.5 Å². The Morgan fingerprint density at radius 3 is 2.67 bits per heavy atom. The second-order valence-corrected chi connectivity index (χ2v) is 15.1. The van der Waals surface area contributed by atoms with E-state index in [0.29, 0.717) is 24.4 Å². The van der Waals surface area contributed by atoms with Crippen LogP contribution in [0.2, 0.25) is 5.02 Å². The number of alkyl halides is 4. The summed E-state index contributed by atoms with van der Waals surface area (Å²) in [5, 5.41) is 1.70. The smallest absolute Gasteiger partial charge is 0.418 e. The van der Waals surface area contributed by atoms with Crippen molar-refractivity contribution in [3.8, 4) is 17.3 Å². The highest BCUT2D eigenvalue weighted by molar-refractivity contribution is 7.10. The number of hydrogen-bond acceptors (Lipinski definition) is 10. The largest absolute Gasteiger partial charge is 0.461 e. The first-order valence-electron chi connectivity index (χ1n) is 16.6. The van der Waals surface area contributed by atoms with Gasteiger partial charge in [0.1, 0.15) is 34.9 Å². The molecule has 5 saturated heterocycles. The fraction of sp³-hybridized carbons (Fsp3) is 0.441. The molecule has 2 bridgehead atoms. The third-order valence-electron chi connectivity index (χ3n) is 10.5. The van der Waals surface area contributed by atoms with E-state index in [1.165, 1.54) is 35.4 Å². The van der Waals surface area contributed by atoms with Crippen LogP contribution >= 0.6 is 22.9 Å². The summed E-state index contributed by atoms with van der Waals surface area (Å²) in [6, 6.07) is 1.20. The van der Waals surface area contributed by atoms with E-state index in [1.54, 1.807) is 10.3 Å². The van der Waals surface area contributed by atoms with Crippen LogP contribution in [0.4, 0.5) is 38.0 Å². The molecule has 9 rings (SSSR count). The molecule has 52 heavy (non-hydrogen) atoms. The topological polar surface area (TPSA) is 114 Å². The number of halogens is 7. The maximum absolute atomic E-state index is 16.8. The number of ether oxygens (including phenoxy) is 1. The van der Waals surface area contributed by atoms with Crippen LogP contribution in [0.25, 0.3) is 28.2 Å². The summed E-state index contributed by atoms with van der Waals surface area (Å²) in [6.45, 7) is 2.51. The number of hydrogen-bond donors (Lipinski definition) is 1. The average Bonchev–Trinajstić information content (AvgIpc) is 3.79. The van der Waals surface area contributed by atoms with Crippen LogP contribution < -0.4 is 15.4 Å². The lowest BCUT2D eigenvalue weighted by Crippen LogP contribution is -2.70. The highest BCUT2D eigenvalue weighted by Gasteiger charge is 2.51. The van der Waals surface area contributed by atoms with E-state index in [-0.39, 0.29) is 71.8 Å². The number of aryl methyl sites for hydroxylation is 1. The van der Waals surface area contributed by atoms with E-state index >= 15 is 4.39 Å². The lowest BCUT2D eigenvalue weighted by Gasteiger charge is -2.56. The zero-order chi connectivity index (χ0) is 36.7. The zero-order valence-corrected chi connectivity index (χ0v) is 29.1. The van der Waals surface area contributed by atoms with E-state index < -0.39 is 64.3 Å². The van der Waals surface area contributed by atoms with Crippen molar-refractivity contribution in [2.45, 2.75) is 62.6 Å². The maximum atomic E-state index is 16.8. The SMILES string of the molecule is Cc1cc(N)nc(-c2c(Cl)cc3c(N4CC5CC(C4)N5C(=O)/C(F)=C/c4nccs4)nc(OC[C@]45CCCN4CC(F)C5)nc3c2F)c1C(F)(F)F. The first kappa shape index (κ1) is 34.8. The minimum Gasteiger partial charge on any atom is -0.461 e. The Kier molecular flexibility index (Phi) is 8.53. The number of nitrogens with two attached hydrogens (primary N) is 1. The molecule has 5 aliphatic rings. The number of nitrogens with zero attached hydrogens (tertiary/aromatic N) is 7. The molecule has 18 heteroatoms. The average molecular weight is 765 g/mol. The Morgan fingerprint density at radius 2 is 1.96 bits per heavy atom. The number of carbonyl (C=O) groups excluding carboxylic acids is 1. The summed E-state index contributed by atoms with van der Waals surface area (Å²) in [4.78, 5) is 35.2. The number of piperidine rings is 1. The van der Waals surface area contributed by atoms with Crippen molar-refractivity contribution in [3.05, 3.63) is 56.5 Å². The van der Waals surface area contributed by atoms with Gasteiger partial charge in [0.15, 0.2) is 11.6 Å². The summed E-state index contributed by atoms with van der Waals surface area (Å²) < 4.78 is 95.5. The highest BCUT2D eigenvalue weighted by Crippen LogP contribution is 2.46. The maximum Gasteiger partial charge on any atom is 0.418 e. The standard InChI is InChI=1S/C34H31ClF6N8O2S/c1-16-7-23(42)44-29(26(16)34(39,40)41)25-21(35)9-20-28(27(25)38)45-32(51-15-33-3-2-5-48(33)12-17(36)11-33)46-30(20)47-13-18-8-19(14-47)49(18)31(50)22(37)10-24-43-4-6-52-24/h4,6-7,9-10,17-19H,2-3,5,8,11-15H2,1H3,(H2,42,44)/b22-10-/t17?,18?,19?,33-/m1/s1. The lowest BCUT2D eigenvalue weighted by molar-refractivity contribution is -0.143. The van der Waals surface area contributed by atoms with Crippen molar-refractivity contribution in [1.29, 1.82) is 0 Å². The number of carbonyl (C=O) groups is 1. The molecule has 3 aromatic heterocycles. The number of fused-ring (bicyclic) bond motifs is 4. The first-order valence-corrected chi connectivity index (χ1v) is 17.9. The minimum absolute atomic E-state index is 0.00681. The molecule has 10 nitrogen and oxygen atoms in total. The normalized spacial score (nSPS) is 24.8. The molecule has 1 amide bonds. The Labute approximate surface area is 302 Å². The van der Waals surface area contributed by atoms with Gasteiger partial charge in [-0.15, -0.1) is 11.3 Å². The molecule has 1 aromatic carbocycles. The van der Waals surface area contributed by atoms with Crippen molar-refractivity contribution in [2.75, 3.05) is 43.4 Å². The molecular weight excluding hydrogens is 734 g/mol. The van der Waals surface area contributed by atoms with Crippen LogP contribution in [0.1, 0.15) is 41.8 Å². The third-order valence-corrected chi connectivity index (χ3v) is 11.5. The third kappa shape index (κ3) is 5.90. The van der Waals surface area contributed by atoms with Gasteiger partial charge in [-0.1, -0.05) is 11.6 Å². The van der Waals surface area contributed by atoms with E-state index in [9.17, 15) is 26.7 Å². The van der Waals surface area contributed by atoms with Gasteiger partial charge >= 0.3 is 12.2 Å². The number of amides is 1. The molecule has 5 aliphatic heterocycles. The molecule has 0 saturated carbocycles. The summed E-state index contributed by atoms with van der Waals surface area (Å²) in [6.07, 6.45) is -1.02. The van der Waals surface area contributed by atoms with Crippen molar-refractivity contribution < 1.29 is 35.9 Å². The summed E-state index contributed by atoms with van der Waals surface area (Å²) in [5.41, 5.74) is 1.94. The first-order chi connectivity index (χ1) is 24.7. The van der Waals surface area contributed by atoms with Crippen LogP contribution in [-0.4, -0.2) is 92.2 Å². The number of nitrogen functional groups attached to an aromatic ring is 1. The van der Waals surface area contributed by atoms with Crippen LogP contribution in [0.5, 0.6) is 6.01 Å². The summed E-state index contributed by atoms with van der Waals surface area (Å²) >= 11 is 7.79. The lowest BCUT2D eigenvalue weighted by atomic mass is 9.87. The van der Waals surface area contributed by atoms with Gasteiger partial charge in [-0.25, -0.2) is 23.1 Å². The number of piperazine rings is 1.